The summed E-state index contributed by atoms with van der Waals surface area (Å²) in [6.07, 6.45) is 0.611. The summed E-state index contributed by atoms with van der Waals surface area (Å²) in [5.74, 6) is 0.663. The molecule has 0 bridgehead atoms. The number of carbonyl (C=O) groups is 1. The molecule has 0 spiro atoms. The number of nitrogens with zero attached hydrogens (tertiary/aromatic N) is 1. The molecule has 140 valence electrons. The van der Waals surface area contributed by atoms with Gasteiger partial charge in [0.25, 0.3) is 0 Å². The Balaban J connectivity index is 1.68. The van der Waals surface area contributed by atoms with Gasteiger partial charge in [-0.25, -0.2) is 0 Å². The van der Waals surface area contributed by atoms with Gasteiger partial charge in [-0.3, -0.25) is 9.69 Å². The van der Waals surface area contributed by atoms with E-state index in [4.69, 9.17) is 16.3 Å². The van der Waals surface area contributed by atoms with Gasteiger partial charge in [0.1, 0.15) is 0 Å². The molecule has 0 unspecified atom stereocenters. The molecule has 1 aliphatic heterocycles. The van der Waals surface area contributed by atoms with Crippen molar-refractivity contribution < 1.29 is 9.53 Å². The summed E-state index contributed by atoms with van der Waals surface area (Å²) in [4.78, 5) is 14.6. The second-order valence-corrected chi connectivity index (χ2v) is 7.65. The lowest BCUT2D eigenvalue weighted by Crippen LogP contribution is -2.49. The number of benzene rings is 1. The average molecular weight is 368 g/mol. The third-order valence-corrected chi connectivity index (χ3v) is 4.41. The number of hydrogen-bond donors (Lipinski definition) is 2. The Kier molecular flexibility index (Phi) is 8.16. The Hall–Kier alpha value is -1.14. The van der Waals surface area contributed by atoms with Crippen LogP contribution in [-0.2, 0) is 9.53 Å². The van der Waals surface area contributed by atoms with Crippen LogP contribution in [0.4, 0.5) is 5.69 Å². The van der Waals surface area contributed by atoms with Gasteiger partial charge in [0.15, 0.2) is 0 Å². The van der Waals surface area contributed by atoms with E-state index in [0.29, 0.717) is 17.4 Å². The summed E-state index contributed by atoms with van der Waals surface area (Å²) in [7, 11) is 0. The third kappa shape index (κ3) is 7.74. The minimum atomic E-state index is -0.00619. The van der Waals surface area contributed by atoms with Crippen LogP contribution in [-0.4, -0.2) is 55.7 Å². The highest BCUT2D eigenvalue weighted by atomic mass is 35.5. The van der Waals surface area contributed by atoms with Gasteiger partial charge < -0.3 is 15.4 Å². The van der Waals surface area contributed by atoms with E-state index in [1.165, 1.54) is 0 Å². The second-order valence-electron chi connectivity index (χ2n) is 7.21. The highest BCUT2D eigenvalue weighted by Gasteiger charge is 2.21. The third-order valence-electron chi connectivity index (χ3n) is 4.16. The average Bonchev–Trinajstić information content (AvgIpc) is 2.55. The summed E-state index contributed by atoms with van der Waals surface area (Å²) >= 11 is 5.85. The van der Waals surface area contributed by atoms with E-state index in [9.17, 15) is 4.79 Å². The fourth-order valence-electron chi connectivity index (χ4n) is 3.01. The van der Waals surface area contributed by atoms with Gasteiger partial charge in [-0.1, -0.05) is 25.4 Å². The zero-order valence-electron chi connectivity index (χ0n) is 15.4. The van der Waals surface area contributed by atoms with Crippen molar-refractivity contribution in [2.75, 3.05) is 38.1 Å². The smallest absolute Gasteiger partial charge is 0.225 e. The molecule has 2 atom stereocenters. The topological polar surface area (TPSA) is 53.6 Å². The maximum atomic E-state index is 12.1. The van der Waals surface area contributed by atoms with Gasteiger partial charge in [0, 0.05) is 49.4 Å². The van der Waals surface area contributed by atoms with Crippen LogP contribution < -0.4 is 10.6 Å². The standard InChI is InChI=1S/C19H30ClN3O2/c1-14(2)12-23-8-9-25-18(13-23)11-21-15(3)10-19(24)22-17-6-4-16(20)5-7-17/h4-7,14-15,18,21H,8-13H2,1-3H3,(H,22,24)/t15-,18+/m0/s1. The zero-order valence-corrected chi connectivity index (χ0v) is 16.2. The van der Waals surface area contributed by atoms with Crippen LogP contribution in [0.3, 0.4) is 0 Å². The van der Waals surface area contributed by atoms with Crippen molar-refractivity contribution in [3.05, 3.63) is 29.3 Å². The number of rotatable bonds is 8. The Morgan fingerprint density at radius 3 is 2.72 bits per heavy atom. The molecule has 2 N–H and O–H groups in total. The molecule has 1 saturated heterocycles. The van der Waals surface area contributed by atoms with Gasteiger partial charge in [0.2, 0.25) is 5.91 Å². The molecule has 0 aliphatic carbocycles. The number of halogens is 1. The molecule has 1 aromatic rings. The van der Waals surface area contributed by atoms with Gasteiger partial charge in [-0.2, -0.15) is 0 Å². The molecule has 0 saturated carbocycles. The zero-order chi connectivity index (χ0) is 18.2. The van der Waals surface area contributed by atoms with Crippen LogP contribution in [0, 0.1) is 5.92 Å². The number of nitrogens with one attached hydrogen (secondary N) is 2. The lowest BCUT2D eigenvalue weighted by atomic mass is 10.1. The van der Waals surface area contributed by atoms with Crippen LogP contribution in [0.1, 0.15) is 27.2 Å². The van der Waals surface area contributed by atoms with Crippen molar-refractivity contribution in [3.63, 3.8) is 0 Å². The molecule has 1 aromatic carbocycles. The van der Waals surface area contributed by atoms with Crippen LogP contribution in [0.15, 0.2) is 24.3 Å². The highest BCUT2D eigenvalue weighted by Crippen LogP contribution is 2.14. The molecule has 1 heterocycles. The highest BCUT2D eigenvalue weighted by molar-refractivity contribution is 6.30. The maximum Gasteiger partial charge on any atom is 0.225 e. The normalized spacial score (nSPS) is 19.8. The van der Waals surface area contributed by atoms with Crippen LogP contribution >= 0.6 is 11.6 Å². The fraction of sp³-hybridized carbons (Fsp3) is 0.632. The number of carbonyl (C=O) groups excluding carboxylic acids is 1. The second kappa shape index (κ2) is 10.1. The SMILES string of the molecule is CC(C)CN1CCO[C@H](CN[C@@H](C)CC(=O)Nc2ccc(Cl)cc2)C1. The molecule has 2 rings (SSSR count). The lowest BCUT2D eigenvalue weighted by Gasteiger charge is -2.34. The summed E-state index contributed by atoms with van der Waals surface area (Å²) in [5, 5.41) is 6.97. The van der Waals surface area contributed by atoms with Crippen molar-refractivity contribution in [1.82, 2.24) is 10.2 Å². The van der Waals surface area contributed by atoms with E-state index in [2.05, 4.69) is 29.4 Å². The molecule has 6 heteroatoms. The molecule has 1 aliphatic rings. The lowest BCUT2D eigenvalue weighted by molar-refractivity contribution is -0.116. The van der Waals surface area contributed by atoms with E-state index in [1.54, 1.807) is 24.3 Å². The van der Waals surface area contributed by atoms with E-state index in [0.717, 1.165) is 38.5 Å². The Morgan fingerprint density at radius 1 is 1.32 bits per heavy atom. The number of amides is 1. The molecule has 1 amide bonds. The van der Waals surface area contributed by atoms with E-state index < -0.39 is 0 Å². The quantitative estimate of drug-likeness (QED) is 0.741. The van der Waals surface area contributed by atoms with Crippen LogP contribution in [0.5, 0.6) is 0 Å². The predicted molar refractivity (Wildman–Crippen MR) is 103 cm³/mol. The van der Waals surface area contributed by atoms with Gasteiger partial charge in [-0.15, -0.1) is 0 Å². The largest absolute Gasteiger partial charge is 0.374 e. The van der Waals surface area contributed by atoms with Crippen molar-refractivity contribution in [3.8, 4) is 0 Å². The van der Waals surface area contributed by atoms with E-state index >= 15 is 0 Å². The Bertz CT molecular complexity index is 536. The van der Waals surface area contributed by atoms with Gasteiger partial charge in [-0.05, 0) is 37.1 Å². The Labute approximate surface area is 156 Å². The summed E-state index contributed by atoms with van der Waals surface area (Å²) in [6, 6.07) is 7.23. The molecule has 25 heavy (non-hydrogen) atoms. The first-order chi connectivity index (χ1) is 11.9. The summed E-state index contributed by atoms with van der Waals surface area (Å²) in [5.41, 5.74) is 0.765. The number of morpholine rings is 1. The van der Waals surface area contributed by atoms with Crippen molar-refractivity contribution in [2.24, 2.45) is 5.92 Å². The van der Waals surface area contributed by atoms with Gasteiger partial charge in [0.05, 0.1) is 12.7 Å². The summed E-state index contributed by atoms with van der Waals surface area (Å²) in [6.45, 7) is 11.1. The van der Waals surface area contributed by atoms with Crippen molar-refractivity contribution >= 4 is 23.2 Å². The first kappa shape index (κ1) is 20.2. The van der Waals surface area contributed by atoms with E-state index in [1.807, 2.05) is 6.92 Å². The fourth-order valence-corrected chi connectivity index (χ4v) is 3.14. The molecule has 0 aromatic heterocycles. The number of hydrogen-bond acceptors (Lipinski definition) is 4. The van der Waals surface area contributed by atoms with E-state index in [-0.39, 0.29) is 18.1 Å². The predicted octanol–water partition coefficient (Wildman–Crippen LogP) is 3.00. The monoisotopic (exact) mass is 367 g/mol. The van der Waals surface area contributed by atoms with Crippen molar-refractivity contribution in [1.29, 1.82) is 0 Å². The molecule has 5 nitrogen and oxygen atoms in total. The molecule has 1 fully saturated rings. The number of anilines is 1. The Morgan fingerprint density at radius 2 is 2.04 bits per heavy atom. The summed E-state index contributed by atoms with van der Waals surface area (Å²) < 4.78 is 5.83. The molecular weight excluding hydrogens is 338 g/mol. The first-order valence-electron chi connectivity index (χ1n) is 9.05. The number of ether oxygens (including phenoxy) is 1. The van der Waals surface area contributed by atoms with Crippen molar-refractivity contribution in [2.45, 2.75) is 39.3 Å². The van der Waals surface area contributed by atoms with Crippen LogP contribution in [0.2, 0.25) is 5.02 Å². The molecular formula is C19H30ClN3O2. The van der Waals surface area contributed by atoms with Gasteiger partial charge >= 0.3 is 0 Å². The first-order valence-corrected chi connectivity index (χ1v) is 9.43. The minimum Gasteiger partial charge on any atom is -0.374 e. The molecule has 0 radical (unpaired) electrons. The minimum absolute atomic E-state index is 0.00619. The maximum absolute atomic E-state index is 12.1. The van der Waals surface area contributed by atoms with Crippen LogP contribution in [0.25, 0.3) is 0 Å².